The summed E-state index contributed by atoms with van der Waals surface area (Å²) in [6.07, 6.45) is 3.54. The number of rotatable bonds is 7. The molecule has 122 valence electrons. The fourth-order valence-corrected chi connectivity index (χ4v) is 3.43. The van der Waals surface area contributed by atoms with Crippen LogP contribution in [0.25, 0.3) is 0 Å². The first-order chi connectivity index (χ1) is 10.9. The van der Waals surface area contributed by atoms with Gasteiger partial charge < -0.3 is 5.32 Å². The Bertz CT molecular complexity index is 741. The van der Waals surface area contributed by atoms with Gasteiger partial charge in [0.05, 0.1) is 11.5 Å². The maximum Gasteiger partial charge on any atom is 0.221 e. The number of sulfone groups is 1. The summed E-state index contributed by atoms with van der Waals surface area (Å²) >= 11 is 0. The quantitative estimate of drug-likeness (QED) is 0.833. The molecule has 1 amide bonds. The Morgan fingerprint density at radius 3 is 2.52 bits per heavy atom. The van der Waals surface area contributed by atoms with Crippen molar-refractivity contribution in [1.29, 1.82) is 0 Å². The Labute approximate surface area is 136 Å². The van der Waals surface area contributed by atoms with Crippen LogP contribution in [0.3, 0.4) is 0 Å². The number of nitrogens with one attached hydrogen (secondary N) is 2. The Kier molecular flexibility index (Phi) is 5.87. The monoisotopic (exact) mass is 333 g/mol. The zero-order valence-electron chi connectivity index (χ0n) is 13.1. The van der Waals surface area contributed by atoms with Gasteiger partial charge in [0.15, 0.2) is 22.2 Å². The first-order valence-electron chi connectivity index (χ1n) is 7.42. The highest BCUT2D eigenvalue weighted by molar-refractivity contribution is 7.90. The van der Waals surface area contributed by atoms with Gasteiger partial charge in [0.1, 0.15) is 0 Å². The molecule has 0 saturated heterocycles. The number of carbonyl (C=O) groups is 1. The van der Waals surface area contributed by atoms with Crippen molar-refractivity contribution >= 4 is 15.7 Å². The molecule has 2 N–H and O–H groups in total. The van der Waals surface area contributed by atoms with Crippen LogP contribution in [0.2, 0.25) is 0 Å². The third kappa shape index (κ3) is 6.20. The van der Waals surface area contributed by atoms with Crippen molar-refractivity contribution in [3.63, 3.8) is 0 Å². The molecule has 0 radical (unpaired) electrons. The number of aromatic amines is 1. The van der Waals surface area contributed by atoms with Gasteiger partial charge in [-0.1, -0.05) is 29.8 Å². The Morgan fingerprint density at radius 1 is 1.13 bits per heavy atom. The molecule has 2 rings (SSSR count). The second-order valence-electron chi connectivity index (χ2n) is 5.52. The molecule has 0 saturated carbocycles. The molecular weight excluding hydrogens is 312 g/mol. The van der Waals surface area contributed by atoms with E-state index in [1.807, 2.05) is 31.2 Å². The van der Waals surface area contributed by atoms with Gasteiger partial charge in [-0.05, 0) is 18.6 Å². The number of aromatic nitrogens is 1. The van der Waals surface area contributed by atoms with Crippen molar-refractivity contribution in [2.75, 3.05) is 5.75 Å². The number of amides is 1. The Hall–Kier alpha value is -2.21. The second kappa shape index (κ2) is 7.87. The number of H-pyrrole nitrogens is 1. The minimum Gasteiger partial charge on any atom is -0.352 e. The Morgan fingerprint density at radius 2 is 1.87 bits per heavy atom. The maximum absolute atomic E-state index is 12.1. The zero-order valence-corrected chi connectivity index (χ0v) is 13.9. The van der Waals surface area contributed by atoms with Gasteiger partial charge in [-0.2, -0.15) is 0 Å². The van der Waals surface area contributed by atoms with Gasteiger partial charge >= 0.3 is 0 Å². The molecule has 0 atom stereocenters. The molecule has 1 heterocycles. The van der Waals surface area contributed by atoms with E-state index < -0.39 is 9.84 Å². The number of hydrogen-bond donors (Lipinski definition) is 1. The highest BCUT2D eigenvalue weighted by Crippen LogP contribution is 2.09. The van der Waals surface area contributed by atoms with E-state index in [4.69, 9.17) is 0 Å². The summed E-state index contributed by atoms with van der Waals surface area (Å²) in [7, 11) is -3.29. The van der Waals surface area contributed by atoms with Crippen molar-refractivity contribution in [2.45, 2.75) is 25.6 Å². The highest BCUT2D eigenvalue weighted by Gasteiger charge is 2.14. The third-order valence-electron chi connectivity index (χ3n) is 3.41. The maximum atomic E-state index is 12.1. The van der Waals surface area contributed by atoms with E-state index in [9.17, 15) is 13.2 Å². The van der Waals surface area contributed by atoms with E-state index >= 15 is 0 Å². The molecule has 0 fully saturated rings. The van der Waals surface area contributed by atoms with Crippen LogP contribution in [0.4, 0.5) is 0 Å². The molecular formula is C17H21N2O3S+. The first kappa shape index (κ1) is 17.1. The molecule has 23 heavy (non-hydrogen) atoms. The van der Waals surface area contributed by atoms with Crippen LogP contribution in [-0.4, -0.2) is 20.1 Å². The summed E-state index contributed by atoms with van der Waals surface area (Å²) in [4.78, 5) is 14.7. The minimum absolute atomic E-state index is 0.0231. The van der Waals surface area contributed by atoms with Crippen LogP contribution in [0.1, 0.15) is 23.1 Å². The third-order valence-corrected chi connectivity index (χ3v) is 5.01. The number of carbonyl (C=O) groups excluding carboxylic acids is 1. The summed E-state index contributed by atoms with van der Waals surface area (Å²) in [5.74, 6) is -0.441. The van der Waals surface area contributed by atoms with E-state index in [0.29, 0.717) is 6.54 Å². The normalized spacial score (nSPS) is 11.2. The average Bonchev–Trinajstić information content (AvgIpc) is 2.54. The standard InChI is InChI=1S/C17H20N2O3S/c1-14-4-6-15(7-5-14)13-23(21,22)10-8-17(20)19-12-16-3-2-9-18-11-16/h2-7,9,11H,8,10,12-13H2,1H3,(H,19,20)/p+1. The van der Waals surface area contributed by atoms with Gasteiger partial charge in [-0.3, -0.25) is 4.79 Å². The molecule has 0 unspecified atom stereocenters. The van der Waals surface area contributed by atoms with Crippen LogP contribution >= 0.6 is 0 Å². The van der Waals surface area contributed by atoms with Gasteiger partial charge in [0, 0.05) is 24.6 Å². The molecule has 5 nitrogen and oxygen atoms in total. The van der Waals surface area contributed by atoms with Crippen LogP contribution < -0.4 is 10.3 Å². The minimum atomic E-state index is -3.29. The molecule has 0 aliphatic rings. The van der Waals surface area contributed by atoms with Crippen molar-refractivity contribution in [1.82, 2.24) is 5.32 Å². The molecule has 1 aromatic heterocycles. The lowest BCUT2D eigenvalue weighted by Gasteiger charge is -2.06. The van der Waals surface area contributed by atoms with Gasteiger partial charge in [0.25, 0.3) is 0 Å². The van der Waals surface area contributed by atoms with Gasteiger partial charge in [-0.15, -0.1) is 0 Å². The topological polar surface area (TPSA) is 77.4 Å². The van der Waals surface area contributed by atoms with E-state index in [-0.39, 0.29) is 23.8 Å². The molecule has 0 bridgehead atoms. The molecule has 0 aliphatic heterocycles. The molecule has 0 aliphatic carbocycles. The smallest absolute Gasteiger partial charge is 0.221 e. The number of benzene rings is 1. The molecule has 6 heteroatoms. The van der Waals surface area contributed by atoms with Crippen LogP contribution in [-0.2, 0) is 26.9 Å². The van der Waals surface area contributed by atoms with E-state index in [2.05, 4.69) is 10.3 Å². The predicted octanol–water partition coefficient (Wildman–Crippen LogP) is 1.43. The lowest BCUT2D eigenvalue weighted by molar-refractivity contribution is -0.378. The molecule has 1 aromatic carbocycles. The van der Waals surface area contributed by atoms with E-state index in [0.717, 1.165) is 16.7 Å². The van der Waals surface area contributed by atoms with Gasteiger partial charge in [-0.25, -0.2) is 13.4 Å². The van der Waals surface area contributed by atoms with Crippen LogP contribution in [0, 0.1) is 6.92 Å². The number of pyridine rings is 1. The largest absolute Gasteiger partial charge is 0.352 e. The van der Waals surface area contributed by atoms with Crippen LogP contribution in [0.5, 0.6) is 0 Å². The van der Waals surface area contributed by atoms with Crippen molar-refractivity contribution in [2.24, 2.45) is 0 Å². The van der Waals surface area contributed by atoms with Crippen molar-refractivity contribution < 1.29 is 18.2 Å². The first-order valence-corrected chi connectivity index (χ1v) is 9.24. The van der Waals surface area contributed by atoms with Crippen LogP contribution in [0.15, 0.2) is 48.8 Å². The number of hydrogen-bond acceptors (Lipinski definition) is 3. The lowest BCUT2D eigenvalue weighted by atomic mass is 10.2. The van der Waals surface area contributed by atoms with Crippen molar-refractivity contribution in [3.8, 4) is 0 Å². The summed E-state index contributed by atoms with van der Waals surface area (Å²) in [5.41, 5.74) is 2.77. The highest BCUT2D eigenvalue weighted by atomic mass is 32.2. The summed E-state index contributed by atoms with van der Waals surface area (Å²) in [6, 6.07) is 11.1. The summed E-state index contributed by atoms with van der Waals surface area (Å²) < 4.78 is 24.2. The second-order valence-corrected chi connectivity index (χ2v) is 7.70. The predicted molar refractivity (Wildman–Crippen MR) is 88.1 cm³/mol. The SMILES string of the molecule is Cc1ccc(CS(=O)(=O)CCC(=O)NCc2ccc[nH+]c2)cc1. The fraction of sp³-hybridized carbons (Fsp3) is 0.294. The lowest BCUT2D eigenvalue weighted by Crippen LogP contribution is -2.26. The zero-order chi connectivity index (χ0) is 16.7. The van der Waals surface area contributed by atoms with E-state index in [1.54, 1.807) is 24.5 Å². The van der Waals surface area contributed by atoms with Gasteiger partial charge in [0.2, 0.25) is 5.91 Å². The fourth-order valence-electron chi connectivity index (χ4n) is 2.09. The Balaban J connectivity index is 1.79. The molecule has 0 spiro atoms. The number of aryl methyl sites for hydroxylation is 1. The summed E-state index contributed by atoms with van der Waals surface area (Å²) in [5, 5.41) is 2.72. The average molecular weight is 333 g/mol. The van der Waals surface area contributed by atoms with Crippen molar-refractivity contribution in [3.05, 3.63) is 65.5 Å². The summed E-state index contributed by atoms with van der Waals surface area (Å²) in [6.45, 7) is 2.33. The van der Waals surface area contributed by atoms with E-state index in [1.165, 1.54) is 0 Å². The molecule has 2 aromatic rings.